The SMILES string of the molecule is CCN(C)c1cc(C)c(Cl)cc1F. The summed E-state index contributed by atoms with van der Waals surface area (Å²) in [7, 11) is 1.85. The molecule has 0 radical (unpaired) electrons. The van der Waals surface area contributed by atoms with Crippen LogP contribution in [0.15, 0.2) is 12.1 Å². The number of hydrogen-bond donors (Lipinski definition) is 0. The first kappa shape index (κ1) is 10.3. The smallest absolute Gasteiger partial charge is 0.147 e. The number of anilines is 1. The highest BCUT2D eigenvalue weighted by atomic mass is 35.5. The van der Waals surface area contributed by atoms with E-state index in [1.807, 2.05) is 25.8 Å². The van der Waals surface area contributed by atoms with Crippen LogP contribution >= 0.6 is 11.6 Å². The Kier molecular flexibility index (Phi) is 3.15. The van der Waals surface area contributed by atoms with E-state index in [0.29, 0.717) is 10.7 Å². The quantitative estimate of drug-likeness (QED) is 0.710. The number of nitrogens with zero attached hydrogens (tertiary/aromatic N) is 1. The lowest BCUT2D eigenvalue weighted by molar-refractivity contribution is 0.623. The summed E-state index contributed by atoms with van der Waals surface area (Å²) in [5, 5.41) is 0.478. The van der Waals surface area contributed by atoms with E-state index in [2.05, 4.69) is 0 Å². The molecule has 0 bridgehead atoms. The molecule has 0 amide bonds. The first-order valence-corrected chi connectivity index (χ1v) is 4.60. The number of hydrogen-bond acceptors (Lipinski definition) is 1. The van der Waals surface area contributed by atoms with Crippen molar-refractivity contribution in [1.82, 2.24) is 0 Å². The summed E-state index contributed by atoms with van der Waals surface area (Å²) in [6.07, 6.45) is 0. The Morgan fingerprint density at radius 1 is 1.46 bits per heavy atom. The van der Waals surface area contributed by atoms with E-state index in [9.17, 15) is 4.39 Å². The van der Waals surface area contributed by atoms with E-state index in [0.717, 1.165) is 12.1 Å². The Morgan fingerprint density at radius 3 is 2.62 bits per heavy atom. The van der Waals surface area contributed by atoms with E-state index >= 15 is 0 Å². The minimum atomic E-state index is -0.264. The van der Waals surface area contributed by atoms with Gasteiger partial charge in [0.1, 0.15) is 5.82 Å². The predicted molar refractivity (Wildman–Crippen MR) is 55.1 cm³/mol. The molecule has 0 heterocycles. The second kappa shape index (κ2) is 3.97. The van der Waals surface area contributed by atoms with Crippen LogP contribution in [0.2, 0.25) is 5.02 Å². The van der Waals surface area contributed by atoms with Gasteiger partial charge in [-0.3, -0.25) is 0 Å². The van der Waals surface area contributed by atoms with Gasteiger partial charge in [-0.2, -0.15) is 0 Å². The van der Waals surface area contributed by atoms with Crippen LogP contribution in [-0.4, -0.2) is 13.6 Å². The molecule has 0 unspecified atom stereocenters. The summed E-state index contributed by atoms with van der Waals surface area (Å²) in [5.74, 6) is -0.264. The van der Waals surface area contributed by atoms with Crippen LogP contribution in [0.1, 0.15) is 12.5 Å². The molecule has 0 aliphatic carbocycles. The van der Waals surface area contributed by atoms with Gasteiger partial charge in [-0.25, -0.2) is 4.39 Å². The van der Waals surface area contributed by atoms with Crippen molar-refractivity contribution in [3.05, 3.63) is 28.5 Å². The van der Waals surface area contributed by atoms with Crippen molar-refractivity contribution in [3.63, 3.8) is 0 Å². The summed E-state index contributed by atoms with van der Waals surface area (Å²) < 4.78 is 13.3. The van der Waals surface area contributed by atoms with Gasteiger partial charge in [0.2, 0.25) is 0 Å². The summed E-state index contributed by atoms with van der Waals surface area (Å²) in [4.78, 5) is 1.85. The van der Waals surface area contributed by atoms with Crippen molar-refractivity contribution in [2.45, 2.75) is 13.8 Å². The zero-order valence-corrected chi connectivity index (χ0v) is 8.82. The molecule has 13 heavy (non-hydrogen) atoms. The van der Waals surface area contributed by atoms with Gasteiger partial charge in [0, 0.05) is 18.6 Å². The maximum Gasteiger partial charge on any atom is 0.147 e. The molecule has 0 aliphatic rings. The third kappa shape index (κ3) is 2.13. The van der Waals surface area contributed by atoms with Gasteiger partial charge in [0.05, 0.1) is 5.69 Å². The highest BCUT2D eigenvalue weighted by Gasteiger charge is 2.08. The second-order valence-electron chi connectivity index (χ2n) is 3.07. The van der Waals surface area contributed by atoms with Gasteiger partial charge in [-0.05, 0) is 31.5 Å². The second-order valence-corrected chi connectivity index (χ2v) is 3.47. The van der Waals surface area contributed by atoms with Crippen LogP contribution in [0, 0.1) is 12.7 Å². The van der Waals surface area contributed by atoms with Crippen molar-refractivity contribution in [3.8, 4) is 0 Å². The average Bonchev–Trinajstić information content (AvgIpc) is 2.10. The molecule has 1 aromatic rings. The molecule has 0 atom stereocenters. The molecule has 72 valence electrons. The van der Waals surface area contributed by atoms with Crippen LogP contribution in [0.5, 0.6) is 0 Å². The van der Waals surface area contributed by atoms with Crippen LogP contribution in [-0.2, 0) is 0 Å². The molecular weight excluding hydrogens is 189 g/mol. The molecule has 3 heteroatoms. The zero-order valence-electron chi connectivity index (χ0n) is 8.06. The van der Waals surface area contributed by atoms with Gasteiger partial charge in [0.25, 0.3) is 0 Å². The Balaban J connectivity index is 3.15. The first-order chi connectivity index (χ1) is 6.06. The number of halogens is 2. The molecule has 0 spiro atoms. The van der Waals surface area contributed by atoms with E-state index in [1.165, 1.54) is 6.07 Å². The fourth-order valence-electron chi connectivity index (χ4n) is 1.10. The van der Waals surface area contributed by atoms with Crippen LogP contribution < -0.4 is 4.90 Å². The van der Waals surface area contributed by atoms with Crippen molar-refractivity contribution >= 4 is 17.3 Å². The highest BCUT2D eigenvalue weighted by molar-refractivity contribution is 6.31. The van der Waals surface area contributed by atoms with E-state index in [1.54, 1.807) is 6.07 Å². The third-order valence-electron chi connectivity index (χ3n) is 2.11. The molecule has 0 aliphatic heterocycles. The van der Waals surface area contributed by atoms with E-state index in [4.69, 9.17) is 11.6 Å². The van der Waals surface area contributed by atoms with Crippen LogP contribution in [0.3, 0.4) is 0 Å². The standard InChI is InChI=1S/C10H13ClFN/c1-4-13(3)10-5-7(2)8(11)6-9(10)12/h5-6H,4H2,1-3H3. The zero-order chi connectivity index (χ0) is 10.0. The lowest BCUT2D eigenvalue weighted by Gasteiger charge is -2.18. The fraction of sp³-hybridized carbons (Fsp3) is 0.400. The molecule has 1 nitrogen and oxygen atoms in total. The van der Waals surface area contributed by atoms with Gasteiger partial charge in [-0.1, -0.05) is 11.6 Å². The Morgan fingerprint density at radius 2 is 2.08 bits per heavy atom. The summed E-state index contributed by atoms with van der Waals surface area (Å²) in [6, 6.07) is 3.12. The molecule has 0 saturated heterocycles. The highest BCUT2D eigenvalue weighted by Crippen LogP contribution is 2.25. The Hall–Kier alpha value is -0.760. The fourth-order valence-corrected chi connectivity index (χ4v) is 1.26. The largest absolute Gasteiger partial charge is 0.373 e. The number of rotatable bonds is 2. The van der Waals surface area contributed by atoms with Crippen molar-refractivity contribution in [2.75, 3.05) is 18.5 Å². The third-order valence-corrected chi connectivity index (χ3v) is 2.52. The first-order valence-electron chi connectivity index (χ1n) is 4.23. The van der Waals surface area contributed by atoms with Gasteiger partial charge < -0.3 is 4.90 Å². The van der Waals surface area contributed by atoms with Crippen molar-refractivity contribution < 1.29 is 4.39 Å². The Bertz CT molecular complexity index is 312. The minimum absolute atomic E-state index is 0.264. The average molecular weight is 202 g/mol. The lowest BCUT2D eigenvalue weighted by Crippen LogP contribution is -2.17. The molecule has 1 aromatic carbocycles. The summed E-state index contributed by atoms with van der Waals surface area (Å²) >= 11 is 5.78. The van der Waals surface area contributed by atoms with Gasteiger partial charge in [0.15, 0.2) is 0 Å². The molecule has 0 N–H and O–H groups in total. The van der Waals surface area contributed by atoms with Crippen molar-refractivity contribution in [1.29, 1.82) is 0 Å². The number of benzene rings is 1. The maximum atomic E-state index is 13.3. The van der Waals surface area contributed by atoms with Gasteiger partial charge >= 0.3 is 0 Å². The van der Waals surface area contributed by atoms with E-state index < -0.39 is 0 Å². The monoisotopic (exact) mass is 201 g/mol. The van der Waals surface area contributed by atoms with Gasteiger partial charge in [-0.15, -0.1) is 0 Å². The Labute approximate surface area is 83.1 Å². The predicted octanol–water partition coefficient (Wildman–Crippen LogP) is 3.24. The molecule has 1 rings (SSSR count). The lowest BCUT2D eigenvalue weighted by atomic mass is 10.2. The molecule has 0 aromatic heterocycles. The maximum absolute atomic E-state index is 13.3. The summed E-state index contributed by atoms with van der Waals surface area (Å²) in [6.45, 7) is 4.62. The number of aryl methyl sites for hydroxylation is 1. The summed E-state index contributed by atoms with van der Waals surface area (Å²) in [5.41, 5.74) is 1.50. The van der Waals surface area contributed by atoms with Crippen LogP contribution in [0.4, 0.5) is 10.1 Å². The molecular formula is C10H13ClFN. The normalized spacial score (nSPS) is 10.2. The van der Waals surface area contributed by atoms with Crippen LogP contribution in [0.25, 0.3) is 0 Å². The topological polar surface area (TPSA) is 3.24 Å². The molecule has 0 fully saturated rings. The van der Waals surface area contributed by atoms with E-state index in [-0.39, 0.29) is 5.82 Å². The molecule has 0 saturated carbocycles. The van der Waals surface area contributed by atoms with Crippen molar-refractivity contribution in [2.24, 2.45) is 0 Å². The minimum Gasteiger partial charge on any atom is -0.373 e.